The minimum absolute atomic E-state index is 0.125. The van der Waals surface area contributed by atoms with Crippen molar-refractivity contribution in [1.82, 2.24) is 14.9 Å². The summed E-state index contributed by atoms with van der Waals surface area (Å²) in [4.78, 5) is 25.6. The molecular formula is C24H25N7O. The van der Waals surface area contributed by atoms with Crippen molar-refractivity contribution in [2.24, 2.45) is 5.92 Å². The SMILES string of the molecule is CC(=O)N1CCN(c2nc(C3CC3)c(Nc3cc(C#N)ccn3)cc2C#N)CC1C1CC1. The van der Waals surface area contributed by atoms with Crippen LogP contribution in [0.2, 0.25) is 0 Å². The lowest BCUT2D eigenvalue weighted by molar-refractivity contribution is -0.132. The van der Waals surface area contributed by atoms with Gasteiger partial charge in [-0.3, -0.25) is 4.79 Å². The van der Waals surface area contributed by atoms with Crippen LogP contribution in [-0.4, -0.2) is 46.5 Å². The first-order chi connectivity index (χ1) is 15.6. The van der Waals surface area contributed by atoms with Crippen LogP contribution >= 0.6 is 0 Å². The lowest BCUT2D eigenvalue weighted by atomic mass is 10.1. The number of rotatable bonds is 5. The van der Waals surface area contributed by atoms with E-state index in [0.717, 1.165) is 37.1 Å². The van der Waals surface area contributed by atoms with Gasteiger partial charge in [-0.05, 0) is 49.8 Å². The molecule has 8 nitrogen and oxygen atoms in total. The van der Waals surface area contributed by atoms with E-state index in [1.54, 1.807) is 25.3 Å². The van der Waals surface area contributed by atoms with Crippen LogP contribution in [0.4, 0.5) is 17.3 Å². The van der Waals surface area contributed by atoms with Gasteiger partial charge in [0.05, 0.1) is 34.6 Å². The standard InChI is InChI=1S/C24H25N7O/c1-15(32)31-9-8-30(14-21(31)17-2-3-17)24-19(13-26)11-20(23(29-24)18-4-5-18)28-22-10-16(12-25)6-7-27-22/h6-7,10-11,17-18,21H,2-5,8-9,14H2,1H3,(H,27,28). The van der Waals surface area contributed by atoms with Crippen molar-refractivity contribution in [2.75, 3.05) is 29.9 Å². The van der Waals surface area contributed by atoms with E-state index in [1.165, 1.54) is 0 Å². The second-order valence-electron chi connectivity index (χ2n) is 8.91. The second kappa shape index (κ2) is 8.12. The van der Waals surface area contributed by atoms with Gasteiger partial charge in [-0.2, -0.15) is 10.5 Å². The Kier molecular flexibility index (Phi) is 5.14. The smallest absolute Gasteiger partial charge is 0.219 e. The minimum Gasteiger partial charge on any atom is -0.352 e. The molecule has 1 saturated heterocycles. The number of carbonyl (C=O) groups excluding carboxylic acids is 1. The number of aromatic nitrogens is 2. The fourth-order valence-corrected chi connectivity index (χ4v) is 4.59. The molecule has 2 aromatic heterocycles. The van der Waals surface area contributed by atoms with Gasteiger partial charge >= 0.3 is 0 Å². The molecule has 1 amide bonds. The molecule has 162 valence electrons. The number of hydrogen-bond donors (Lipinski definition) is 1. The molecule has 8 heteroatoms. The monoisotopic (exact) mass is 427 g/mol. The number of nitrogens with zero attached hydrogens (tertiary/aromatic N) is 6. The molecule has 3 fully saturated rings. The summed E-state index contributed by atoms with van der Waals surface area (Å²) in [6, 6.07) is 9.85. The number of amides is 1. The molecule has 2 aliphatic carbocycles. The molecule has 32 heavy (non-hydrogen) atoms. The molecule has 3 heterocycles. The quantitative estimate of drug-likeness (QED) is 0.780. The first-order valence-electron chi connectivity index (χ1n) is 11.2. The molecule has 1 unspecified atom stereocenters. The summed E-state index contributed by atoms with van der Waals surface area (Å²) < 4.78 is 0. The number of nitrogens with one attached hydrogen (secondary N) is 1. The number of piperazine rings is 1. The summed E-state index contributed by atoms with van der Waals surface area (Å²) in [5.41, 5.74) is 2.76. The van der Waals surface area contributed by atoms with Gasteiger partial charge in [0.2, 0.25) is 5.91 Å². The van der Waals surface area contributed by atoms with E-state index in [-0.39, 0.29) is 11.9 Å². The molecule has 0 spiro atoms. The predicted molar refractivity (Wildman–Crippen MR) is 119 cm³/mol. The zero-order chi connectivity index (χ0) is 22.2. The van der Waals surface area contributed by atoms with Crippen LogP contribution in [0.1, 0.15) is 55.3 Å². The molecule has 0 bridgehead atoms. The molecule has 1 atom stereocenters. The molecule has 3 aliphatic rings. The largest absolute Gasteiger partial charge is 0.352 e. The van der Waals surface area contributed by atoms with Gasteiger partial charge in [-0.25, -0.2) is 9.97 Å². The average Bonchev–Trinajstić information content (AvgIpc) is 3.71. The molecule has 0 radical (unpaired) electrons. The van der Waals surface area contributed by atoms with Crippen molar-refractivity contribution in [3.63, 3.8) is 0 Å². The highest BCUT2D eigenvalue weighted by Gasteiger charge is 2.41. The van der Waals surface area contributed by atoms with E-state index in [4.69, 9.17) is 4.98 Å². The first-order valence-corrected chi connectivity index (χ1v) is 11.2. The Morgan fingerprint density at radius 1 is 1.16 bits per heavy atom. The van der Waals surface area contributed by atoms with E-state index in [9.17, 15) is 15.3 Å². The van der Waals surface area contributed by atoms with Crippen LogP contribution in [0.25, 0.3) is 0 Å². The molecule has 5 rings (SSSR count). The van der Waals surface area contributed by atoms with E-state index in [1.807, 2.05) is 11.0 Å². The maximum Gasteiger partial charge on any atom is 0.219 e. The van der Waals surface area contributed by atoms with Crippen LogP contribution < -0.4 is 10.2 Å². The fraction of sp³-hybridized carbons (Fsp3) is 0.458. The summed E-state index contributed by atoms with van der Waals surface area (Å²) in [6.07, 6.45) is 6.05. The van der Waals surface area contributed by atoms with E-state index < -0.39 is 0 Å². The van der Waals surface area contributed by atoms with E-state index in [0.29, 0.717) is 54.2 Å². The van der Waals surface area contributed by atoms with Gasteiger partial charge in [0.1, 0.15) is 17.7 Å². The Hall–Kier alpha value is -3.65. The van der Waals surface area contributed by atoms with Crippen molar-refractivity contribution in [2.45, 2.75) is 44.6 Å². The zero-order valence-electron chi connectivity index (χ0n) is 18.1. The topological polar surface area (TPSA) is 109 Å². The van der Waals surface area contributed by atoms with Crippen molar-refractivity contribution < 1.29 is 4.79 Å². The van der Waals surface area contributed by atoms with Crippen molar-refractivity contribution in [3.8, 4) is 12.1 Å². The lowest BCUT2D eigenvalue weighted by Gasteiger charge is -2.42. The van der Waals surface area contributed by atoms with E-state index in [2.05, 4.69) is 27.3 Å². The third-order valence-corrected chi connectivity index (χ3v) is 6.56. The summed E-state index contributed by atoms with van der Waals surface area (Å²) in [5.74, 6) is 2.32. The summed E-state index contributed by atoms with van der Waals surface area (Å²) in [6.45, 7) is 3.69. The number of hydrogen-bond acceptors (Lipinski definition) is 7. The molecule has 2 saturated carbocycles. The number of pyridine rings is 2. The predicted octanol–water partition coefficient (Wildman–Crippen LogP) is 3.29. The van der Waals surface area contributed by atoms with Crippen LogP contribution in [0, 0.1) is 28.6 Å². The molecule has 1 N–H and O–H groups in total. The average molecular weight is 428 g/mol. The number of anilines is 3. The molecule has 1 aliphatic heterocycles. The van der Waals surface area contributed by atoms with Crippen LogP contribution in [0.5, 0.6) is 0 Å². The lowest BCUT2D eigenvalue weighted by Crippen LogP contribution is -2.56. The zero-order valence-corrected chi connectivity index (χ0v) is 18.1. The highest BCUT2D eigenvalue weighted by atomic mass is 16.2. The summed E-state index contributed by atoms with van der Waals surface area (Å²) in [5, 5.41) is 22.4. The van der Waals surface area contributed by atoms with Gasteiger partial charge in [0, 0.05) is 38.7 Å². The van der Waals surface area contributed by atoms with Gasteiger partial charge in [-0.15, -0.1) is 0 Å². The van der Waals surface area contributed by atoms with Gasteiger partial charge < -0.3 is 15.1 Å². The number of nitriles is 2. The van der Waals surface area contributed by atoms with Crippen molar-refractivity contribution in [1.29, 1.82) is 10.5 Å². The Morgan fingerprint density at radius 2 is 1.97 bits per heavy atom. The molecule has 0 aromatic carbocycles. The maximum absolute atomic E-state index is 12.1. The van der Waals surface area contributed by atoms with E-state index >= 15 is 0 Å². The van der Waals surface area contributed by atoms with Crippen LogP contribution in [-0.2, 0) is 4.79 Å². The summed E-state index contributed by atoms with van der Waals surface area (Å²) >= 11 is 0. The first kappa shape index (κ1) is 20.3. The fourth-order valence-electron chi connectivity index (χ4n) is 4.59. The van der Waals surface area contributed by atoms with Crippen LogP contribution in [0.15, 0.2) is 24.4 Å². The highest BCUT2D eigenvalue weighted by molar-refractivity contribution is 5.74. The Morgan fingerprint density at radius 3 is 2.62 bits per heavy atom. The maximum atomic E-state index is 12.1. The van der Waals surface area contributed by atoms with Crippen molar-refractivity contribution in [3.05, 3.63) is 41.2 Å². The molecule has 2 aromatic rings. The van der Waals surface area contributed by atoms with Gasteiger partial charge in [-0.1, -0.05) is 0 Å². The highest BCUT2D eigenvalue weighted by Crippen LogP contribution is 2.45. The van der Waals surface area contributed by atoms with Crippen molar-refractivity contribution >= 4 is 23.2 Å². The van der Waals surface area contributed by atoms with Gasteiger partial charge in [0.25, 0.3) is 0 Å². The van der Waals surface area contributed by atoms with Gasteiger partial charge in [0.15, 0.2) is 0 Å². The Bertz CT molecular complexity index is 1140. The third-order valence-electron chi connectivity index (χ3n) is 6.56. The Labute approximate surface area is 187 Å². The summed E-state index contributed by atoms with van der Waals surface area (Å²) in [7, 11) is 0. The number of carbonyl (C=O) groups is 1. The molecular weight excluding hydrogens is 402 g/mol. The minimum atomic E-state index is 0.125. The normalized spacial score (nSPS) is 20.4. The van der Waals surface area contributed by atoms with Crippen LogP contribution in [0.3, 0.4) is 0 Å². The third kappa shape index (κ3) is 3.97. The second-order valence-corrected chi connectivity index (χ2v) is 8.91. The Balaban J connectivity index is 1.47.